The summed E-state index contributed by atoms with van der Waals surface area (Å²) in [4.78, 5) is 4.21. The van der Waals surface area contributed by atoms with Crippen molar-refractivity contribution >= 4 is 11.6 Å². The molecule has 1 unspecified atom stereocenters. The van der Waals surface area contributed by atoms with Crippen molar-refractivity contribution in [1.82, 2.24) is 34.5 Å². The third-order valence-electron chi connectivity index (χ3n) is 5.21. The summed E-state index contributed by atoms with van der Waals surface area (Å²) in [6.07, 6.45) is -1.11. The predicted octanol–water partition coefficient (Wildman–Crippen LogP) is 4.82. The summed E-state index contributed by atoms with van der Waals surface area (Å²) in [6, 6.07) is 5.55. The van der Waals surface area contributed by atoms with Crippen LogP contribution in [0.1, 0.15) is 24.1 Å². The van der Waals surface area contributed by atoms with Gasteiger partial charge in [0.2, 0.25) is 11.6 Å². The van der Waals surface area contributed by atoms with Gasteiger partial charge in [-0.05, 0) is 37.6 Å². The van der Waals surface area contributed by atoms with E-state index in [0.717, 1.165) is 17.2 Å². The molecule has 1 aliphatic heterocycles. The van der Waals surface area contributed by atoms with Crippen molar-refractivity contribution in [2.75, 3.05) is 0 Å². The number of hydrogen-bond acceptors (Lipinski definition) is 5. The maximum absolute atomic E-state index is 13.3. The summed E-state index contributed by atoms with van der Waals surface area (Å²) in [7, 11) is 0. The Labute approximate surface area is 179 Å². The fourth-order valence-electron chi connectivity index (χ4n) is 3.85. The van der Waals surface area contributed by atoms with Gasteiger partial charge in [-0.3, -0.25) is 9.55 Å². The number of aromatic nitrogens is 7. The second-order valence-corrected chi connectivity index (χ2v) is 7.82. The van der Waals surface area contributed by atoms with Gasteiger partial charge in [-0.25, -0.2) is 0 Å². The van der Waals surface area contributed by atoms with Gasteiger partial charge in [-0.15, -0.1) is 20.4 Å². The highest BCUT2D eigenvalue weighted by molar-refractivity contribution is 6.34. The monoisotopic (exact) mass is 445 g/mol. The van der Waals surface area contributed by atoms with Crippen molar-refractivity contribution < 1.29 is 13.2 Å². The minimum absolute atomic E-state index is 0.165. The largest absolute Gasteiger partial charge is 0.417 e. The lowest BCUT2D eigenvalue weighted by molar-refractivity contribution is -0.137. The summed E-state index contributed by atoms with van der Waals surface area (Å²) in [5.41, 5.74) is 1.06. The molecule has 0 fully saturated rings. The van der Waals surface area contributed by atoms with Crippen LogP contribution in [-0.2, 0) is 12.7 Å². The molecule has 0 bridgehead atoms. The van der Waals surface area contributed by atoms with Gasteiger partial charge in [0.05, 0.1) is 16.6 Å². The first-order chi connectivity index (χ1) is 14.8. The number of fused-ring (bicyclic) bond motifs is 3. The van der Waals surface area contributed by atoms with Crippen LogP contribution in [0.15, 0.2) is 36.7 Å². The van der Waals surface area contributed by atoms with Crippen molar-refractivity contribution in [3.8, 4) is 34.4 Å². The topological polar surface area (TPSA) is 74.3 Å². The summed E-state index contributed by atoms with van der Waals surface area (Å²) in [5.74, 6) is 1.80. The van der Waals surface area contributed by atoms with Crippen LogP contribution in [0.4, 0.5) is 13.2 Å². The number of rotatable bonds is 2. The molecule has 0 saturated carbocycles. The standard InChI is InChI=1S/C20H15ClF3N7/c1-10-6-12(8-25-7-10)16-26-28-18-19-29-27-17(31(19)11(2)9-30(16)18)13-4-3-5-14(15(13)21)20(22,23)24/h3-8,11H,9H2,1-2H3. The highest BCUT2D eigenvalue weighted by Gasteiger charge is 2.36. The second-order valence-electron chi connectivity index (χ2n) is 7.44. The molecule has 0 amide bonds. The minimum atomic E-state index is -4.57. The third kappa shape index (κ3) is 3.09. The van der Waals surface area contributed by atoms with Crippen LogP contribution in [0.25, 0.3) is 34.4 Å². The number of pyridine rings is 1. The zero-order chi connectivity index (χ0) is 21.9. The van der Waals surface area contributed by atoms with E-state index in [2.05, 4.69) is 25.4 Å². The summed E-state index contributed by atoms with van der Waals surface area (Å²) in [6.45, 7) is 4.35. The molecule has 3 aromatic heterocycles. The van der Waals surface area contributed by atoms with Crippen LogP contribution in [-0.4, -0.2) is 34.5 Å². The van der Waals surface area contributed by atoms with Crippen LogP contribution in [0.2, 0.25) is 5.02 Å². The van der Waals surface area contributed by atoms with E-state index in [1.807, 2.05) is 24.5 Å². The first kappa shape index (κ1) is 19.7. The van der Waals surface area contributed by atoms with Crippen LogP contribution in [0.3, 0.4) is 0 Å². The molecule has 1 atom stereocenters. The van der Waals surface area contributed by atoms with E-state index >= 15 is 0 Å². The first-order valence-electron chi connectivity index (χ1n) is 9.42. The molecule has 7 nitrogen and oxygen atoms in total. The van der Waals surface area contributed by atoms with Crippen molar-refractivity contribution in [3.63, 3.8) is 0 Å². The van der Waals surface area contributed by atoms with E-state index in [1.54, 1.807) is 17.0 Å². The van der Waals surface area contributed by atoms with Crippen molar-refractivity contribution in [3.05, 3.63) is 52.8 Å². The predicted molar refractivity (Wildman–Crippen MR) is 107 cm³/mol. The Balaban J connectivity index is 1.65. The molecule has 31 heavy (non-hydrogen) atoms. The Kier molecular flexibility index (Phi) is 4.37. The number of aryl methyl sites for hydroxylation is 1. The number of benzene rings is 1. The zero-order valence-corrected chi connectivity index (χ0v) is 17.1. The van der Waals surface area contributed by atoms with Gasteiger partial charge in [0.1, 0.15) is 0 Å². The van der Waals surface area contributed by atoms with Crippen LogP contribution >= 0.6 is 11.6 Å². The molecular formula is C20H15ClF3N7. The summed E-state index contributed by atoms with van der Waals surface area (Å²) >= 11 is 6.13. The second kappa shape index (κ2) is 6.88. The van der Waals surface area contributed by atoms with Gasteiger partial charge in [-0.2, -0.15) is 13.2 Å². The lowest BCUT2D eigenvalue weighted by atomic mass is 10.1. The zero-order valence-electron chi connectivity index (χ0n) is 16.4. The average Bonchev–Trinajstić information content (AvgIpc) is 3.32. The number of alkyl halides is 3. The van der Waals surface area contributed by atoms with Gasteiger partial charge in [-0.1, -0.05) is 17.7 Å². The Morgan fingerprint density at radius 2 is 1.71 bits per heavy atom. The fraction of sp³-hybridized carbons (Fsp3) is 0.250. The summed E-state index contributed by atoms with van der Waals surface area (Å²) < 4.78 is 43.6. The van der Waals surface area contributed by atoms with Gasteiger partial charge in [0.15, 0.2) is 11.6 Å². The highest BCUT2D eigenvalue weighted by Crippen LogP contribution is 2.41. The highest BCUT2D eigenvalue weighted by atomic mass is 35.5. The van der Waals surface area contributed by atoms with E-state index in [4.69, 9.17) is 11.6 Å². The molecule has 0 radical (unpaired) electrons. The van der Waals surface area contributed by atoms with Gasteiger partial charge >= 0.3 is 6.18 Å². The van der Waals surface area contributed by atoms with Crippen LogP contribution in [0.5, 0.6) is 0 Å². The Morgan fingerprint density at radius 1 is 1.00 bits per heavy atom. The molecule has 1 aromatic carbocycles. The smallest absolute Gasteiger partial charge is 0.302 e. The normalized spacial score (nSPS) is 15.6. The number of nitrogens with zero attached hydrogens (tertiary/aromatic N) is 7. The first-order valence-corrected chi connectivity index (χ1v) is 9.80. The van der Waals surface area contributed by atoms with E-state index < -0.39 is 16.8 Å². The van der Waals surface area contributed by atoms with Crippen molar-refractivity contribution in [2.45, 2.75) is 32.6 Å². The van der Waals surface area contributed by atoms with Crippen LogP contribution < -0.4 is 0 Å². The molecule has 4 aromatic rings. The lowest BCUT2D eigenvalue weighted by Gasteiger charge is -2.25. The molecule has 0 N–H and O–H groups in total. The van der Waals surface area contributed by atoms with E-state index in [-0.39, 0.29) is 17.4 Å². The lowest BCUT2D eigenvalue weighted by Crippen LogP contribution is -2.22. The Bertz CT molecular complexity index is 1310. The maximum atomic E-state index is 13.3. The van der Waals surface area contributed by atoms with E-state index in [0.29, 0.717) is 24.0 Å². The third-order valence-corrected chi connectivity index (χ3v) is 5.62. The molecule has 5 rings (SSSR count). The molecule has 1 aliphatic rings. The Hall–Kier alpha value is -3.27. The fourth-order valence-corrected chi connectivity index (χ4v) is 4.16. The minimum Gasteiger partial charge on any atom is -0.302 e. The number of hydrogen-bond donors (Lipinski definition) is 0. The van der Waals surface area contributed by atoms with E-state index in [9.17, 15) is 13.2 Å². The van der Waals surface area contributed by atoms with Crippen molar-refractivity contribution in [1.29, 1.82) is 0 Å². The van der Waals surface area contributed by atoms with Crippen molar-refractivity contribution in [2.24, 2.45) is 0 Å². The molecule has 158 valence electrons. The van der Waals surface area contributed by atoms with Gasteiger partial charge < -0.3 is 4.57 Å². The molecule has 0 saturated heterocycles. The van der Waals surface area contributed by atoms with Gasteiger partial charge in [0, 0.05) is 30.1 Å². The maximum Gasteiger partial charge on any atom is 0.417 e. The molecular weight excluding hydrogens is 431 g/mol. The Morgan fingerprint density at radius 3 is 2.45 bits per heavy atom. The number of halogens is 4. The summed E-state index contributed by atoms with van der Waals surface area (Å²) in [5, 5.41) is 16.6. The molecule has 11 heteroatoms. The quantitative estimate of drug-likeness (QED) is 0.442. The SMILES string of the molecule is Cc1cncc(-c2nnc3n2CC(C)n2c(-c4cccc(C(F)(F)F)c4Cl)nnc2-3)c1. The van der Waals surface area contributed by atoms with Gasteiger partial charge in [0.25, 0.3) is 0 Å². The molecule has 0 aliphatic carbocycles. The molecule has 4 heterocycles. The average molecular weight is 446 g/mol. The molecule has 0 spiro atoms. The van der Waals surface area contributed by atoms with E-state index in [1.165, 1.54) is 12.1 Å². The van der Waals surface area contributed by atoms with Crippen LogP contribution in [0, 0.1) is 6.92 Å².